The number of aromatic nitrogens is 1. The molecule has 0 N–H and O–H groups in total. The lowest BCUT2D eigenvalue weighted by Crippen LogP contribution is -2.50. The number of carbonyl (C=O) groups excluding carboxylic acids is 1. The molecule has 4 aliphatic rings. The van der Waals surface area contributed by atoms with Crippen molar-refractivity contribution in [3.05, 3.63) is 57.9 Å². The number of rotatable bonds is 1. The Morgan fingerprint density at radius 1 is 1.05 bits per heavy atom. The molecule has 0 radical (unpaired) electrons. The summed E-state index contributed by atoms with van der Waals surface area (Å²) < 4.78 is 38.9. The van der Waals surface area contributed by atoms with Crippen molar-refractivity contribution in [2.24, 2.45) is 11.8 Å². The van der Waals surface area contributed by atoms with Gasteiger partial charge in [0.25, 0.3) is 0 Å². The molecule has 5 rings (SSSR count). The zero-order valence-corrected chi connectivity index (χ0v) is 25.7. The van der Waals surface area contributed by atoms with Crippen LogP contribution >= 0.6 is 22.6 Å². The van der Waals surface area contributed by atoms with Gasteiger partial charge in [-0.05, 0) is 54.8 Å². The van der Waals surface area contributed by atoms with E-state index in [1.807, 2.05) is 22.3 Å². The molecule has 0 aromatic carbocycles. The third-order valence-corrected chi connectivity index (χ3v) is 9.31. The van der Waals surface area contributed by atoms with Gasteiger partial charge in [-0.2, -0.15) is 0 Å². The maximum Gasteiger partial charge on any atom is 0.330 e. The third-order valence-electron chi connectivity index (χ3n) is 8.33. The standard InChI is InChI=1S/C31H40INO7/c1-18-13-22-7-5-10-28(34)40-30-20(3)26(39-29(21(30)4)19(2)16-32)8-6-9-27-33-25(17-36-27)31-35-12-11-23(38-31)15-24(14-18)37-22/h5-6,9-10,16-17,20-24,26,29-31H,1,7-8,11-15H2,2-4H3/b9-6-,10-5-,19-16+/t20-,21-,22-,23-,24+,26+,29-,30-,31-/m0/s1. The van der Waals surface area contributed by atoms with E-state index in [1.54, 1.807) is 12.3 Å². The van der Waals surface area contributed by atoms with Gasteiger partial charge in [-0.1, -0.05) is 60.7 Å². The molecule has 1 aromatic rings. The summed E-state index contributed by atoms with van der Waals surface area (Å²) in [5, 5.41) is 0. The van der Waals surface area contributed by atoms with Gasteiger partial charge >= 0.3 is 5.97 Å². The molecule has 9 heteroatoms. The second-order valence-electron chi connectivity index (χ2n) is 11.5. The third kappa shape index (κ3) is 7.15. The molecule has 9 atom stereocenters. The fourth-order valence-corrected chi connectivity index (χ4v) is 6.58. The van der Waals surface area contributed by atoms with E-state index >= 15 is 0 Å². The van der Waals surface area contributed by atoms with Crippen LogP contribution in [0.2, 0.25) is 0 Å². The molecule has 218 valence electrons. The van der Waals surface area contributed by atoms with Gasteiger partial charge in [0.1, 0.15) is 18.1 Å². The van der Waals surface area contributed by atoms with Crippen molar-refractivity contribution >= 4 is 34.6 Å². The lowest BCUT2D eigenvalue weighted by atomic mass is 9.80. The van der Waals surface area contributed by atoms with Crippen LogP contribution in [0.1, 0.15) is 77.2 Å². The quantitative estimate of drug-likeness (QED) is 0.188. The SMILES string of the molecule is C=C1C[C@@H]2C[C@@H]3CCO[C@@H](O3)c3coc(n3)/C=C\C[C@H]3O[C@@H](/C(C)=C/I)[C@H](C)[C@@H](OC(=O)/C=C\C[C@@H](C1)O2)[C@H]3C. The summed E-state index contributed by atoms with van der Waals surface area (Å²) in [6.45, 7) is 11.1. The number of esters is 1. The van der Waals surface area contributed by atoms with E-state index in [2.05, 4.69) is 54.9 Å². The molecule has 8 nitrogen and oxygen atoms in total. The monoisotopic (exact) mass is 665 g/mol. The summed E-state index contributed by atoms with van der Waals surface area (Å²) in [4.78, 5) is 17.6. The van der Waals surface area contributed by atoms with Crippen molar-refractivity contribution in [2.75, 3.05) is 6.61 Å². The number of hydrogen-bond acceptors (Lipinski definition) is 8. The first-order valence-corrected chi connectivity index (χ1v) is 15.6. The molecule has 3 saturated heterocycles. The average Bonchev–Trinajstić information content (AvgIpc) is 3.40. The van der Waals surface area contributed by atoms with Gasteiger partial charge in [-0.3, -0.25) is 0 Å². The van der Waals surface area contributed by atoms with Gasteiger partial charge in [0, 0.05) is 24.3 Å². The molecule has 8 bridgehead atoms. The molecule has 0 aliphatic carbocycles. The minimum Gasteiger partial charge on any atom is -0.458 e. The van der Waals surface area contributed by atoms with E-state index in [0.29, 0.717) is 31.0 Å². The number of ether oxygens (including phenoxy) is 5. The van der Waals surface area contributed by atoms with E-state index in [0.717, 1.165) is 36.8 Å². The Kier molecular flexibility index (Phi) is 9.99. The molecule has 5 heterocycles. The molecule has 0 amide bonds. The number of halogens is 1. The first-order chi connectivity index (χ1) is 19.3. The van der Waals surface area contributed by atoms with Crippen LogP contribution in [0.3, 0.4) is 0 Å². The Morgan fingerprint density at radius 2 is 1.85 bits per heavy atom. The van der Waals surface area contributed by atoms with Crippen LogP contribution in [0, 0.1) is 11.8 Å². The molecule has 0 spiro atoms. The fourth-order valence-electron chi connectivity index (χ4n) is 6.23. The first kappa shape index (κ1) is 29.7. The minimum absolute atomic E-state index is 0.00350. The fraction of sp³-hybridized carbons (Fsp3) is 0.613. The number of carbonyl (C=O) groups is 1. The molecular weight excluding hydrogens is 625 g/mol. The Labute approximate surface area is 250 Å². The van der Waals surface area contributed by atoms with Gasteiger partial charge < -0.3 is 28.1 Å². The zero-order chi connectivity index (χ0) is 28.2. The van der Waals surface area contributed by atoms with E-state index in [9.17, 15) is 4.79 Å². The maximum absolute atomic E-state index is 13.0. The number of nitrogens with zero attached hydrogens (tertiary/aromatic N) is 1. The predicted molar refractivity (Wildman–Crippen MR) is 158 cm³/mol. The van der Waals surface area contributed by atoms with E-state index in [1.165, 1.54) is 0 Å². The van der Waals surface area contributed by atoms with Crippen molar-refractivity contribution in [3.63, 3.8) is 0 Å². The van der Waals surface area contributed by atoms with Crippen molar-refractivity contribution in [1.82, 2.24) is 4.98 Å². The molecule has 3 fully saturated rings. The van der Waals surface area contributed by atoms with Crippen molar-refractivity contribution in [2.45, 2.75) is 102 Å². The normalized spacial score (nSPS) is 39.5. The first-order valence-electron chi connectivity index (χ1n) is 14.3. The van der Waals surface area contributed by atoms with Gasteiger partial charge in [-0.15, -0.1) is 0 Å². The van der Waals surface area contributed by atoms with E-state index in [4.69, 9.17) is 28.1 Å². The Bertz CT molecular complexity index is 1140. The Balaban J connectivity index is 1.40. The molecule has 1 aromatic heterocycles. The maximum atomic E-state index is 13.0. The number of hydrogen-bond donors (Lipinski definition) is 0. The topological polar surface area (TPSA) is 89.3 Å². The van der Waals surface area contributed by atoms with Gasteiger partial charge in [0.2, 0.25) is 12.2 Å². The summed E-state index contributed by atoms with van der Waals surface area (Å²) in [6, 6.07) is 0. The molecular formula is C31H40INO7. The van der Waals surface area contributed by atoms with Crippen LogP contribution in [0.4, 0.5) is 0 Å². The highest BCUT2D eigenvalue weighted by molar-refractivity contribution is 14.1. The summed E-state index contributed by atoms with van der Waals surface area (Å²) >= 11 is 2.24. The van der Waals surface area contributed by atoms with E-state index < -0.39 is 6.29 Å². The lowest BCUT2D eigenvalue weighted by molar-refractivity contribution is -0.227. The Hall–Kier alpha value is -1.79. The van der Waals surface area contributed by atoms with Crippen molar-refractivity contribution in [1.29, 1.82) is 0 Å². The molecule has 0 saturated carbocycles. The average molecular weight is 666 g/mol. The lowest BCUT2D eigenvalue weighted by Gasteiger charge is -2.44. The zero-order valence-electron chi connectivity index (χ0n) is 23.5. The van der Waals surface area contributed by atoms with Crippen LogP contribution in [0.15, 0.2) is 50.7 Å². The van der Waals surface area contributed by atoms with E-state index in [-0.39, 0.29) is 54.4 Å². The number of oxazole rings is 1. The molecule has 40 heavy (non-hydrogen) atoms. The Morgan fingerprint density at radius 3 is 2.67 bits per heavy atom. The molecule has 0 unspecified atom stereocenters. The van der Waals surface area contributed by atoms with Crippen LogP contribution in [-0.4, -0.2) is 54.2 Å². The second kappa shape index (κ2) is 13.5. The highest BCUT2D eigenvalue weighted by Crippen LogP contribution is 2.38. The van der Waals surface area contributed by atoms with Crippen LogP contribution in [0.5, 0.6) is 0 Å². The van der Waals surface area contributed by atoms with Crippen LogP contribution in [0.25, 0.3) is 6.08 Å². The van der Waals surface area contributed by atoms with Gasteiger partial charge in [0.05, 0.1) is 37.1 Å². The van der Waals surface area contributed by atoms with Crippen molar-refractivity contribution < 1.29 is 32.9 Å². The smallest absolute Gasteiger partial charge is 0.330 e. The second-order valence-corrected chi connectivity index (χ2v) is 12.1. The summed E-state index contributed by atoms with van der Waals surface area (Å²) in [5.41, 5.74) is 2.90. The molecule has 4 aliphatic heterocycles. The minimum atomic E-state index is -0.569. The predicted octanol–water partition coefficient (Wildman–Crippen LogP) is 6.63. The highest BCUT2D eigenvalue weighted by atomic mass is 127. The van der Waals surface area contributed by atoms with Crippen LogP contribution < -0.4 is 0 Å². The summed E-state index contributed by atoms with van der Waals surface area (Å²) in [5.74, 6) is 0.159. The number of fused-ring (bicyclic) bond motifs is 9. The largest absolute Gasteiger partial charge is 0.458 e. The van der Waals surface area contributed by atoms with Gasteiger partial charge in [0.15, 0.2) is 0 Å². The summed E-state index contributed by atoms with van der Waals surface area (Å²) in [7, 11) is 0. The summed E-state index contributed by atoms with van der Waals surface area (Å²) in [6.07, 6.45) is 12.1. The van der Waals surface area contributed by atoms with Crippen LogP contribution in [-0.2, 0) is 28.5 Å². The highest BCUT2D eigenvalue weighted by Gasteiger charge is 2.43. The van der Waals surface area contributed by atoms with Crippen molar-refractivity contribution in [3.8, 4) is 0 Å². The van der Waals surface area contributed by atoms with Gasteiger partial charge in [-0.25, -0.2) is 9.78 Å².